The molecule has 0 bridgehead atoms. The lowest BCUT2D eigenvalue weighted by atomic mass is 9.90. The van der Waals surface area contributed by atoms with Crippen molar-refractivity contribution in [3.05, 3.63) is 0 Å². The van der Waals surface area contributed by atoms with Crippen molar-refractivity contribution < 1.29 is 19.1 Å². The summed E-state index contributed by atoms with van der Waals surface area (Å²) < 4.78 is 10.4. The van der Waals surface area contributed by atoms with Gasteiger partial charge in [-0.15, -0.1) is 0 Å². The highest BCUT2D eigenvalue weighted by atomic mass is 32.1. The summed E-state index contributed by atoms with van der Waals surface area (Å²) in [7, 11) is 0. The van der Waals surface area contributed by atoms with Gasteiger partial charge in [0.1, 0.15) is 6.04 Å². The predicted octanol–water partition coefficient (Wildman–Crippen LogP) is 0.940. The van der Waals surface area contributed by atoms with Crippen LogP contribution in [-0.4, -0.2) is 45.9 Å². The zero-order chi connectivity index (χ0) is 15.1. The average molecular weight is 300 g/mol. The molecule has 0 amide bonds. The van der Waals surface area contributed by atoms with Gasteiger partial charge in [0, 0.05) is 12.0 Å². The molecule has 1 N–H and O–H groups in total. The number of nitrogens with zero attached hydrogens (tertiary/aromatic N) is 1. The van der Waals surface area contributed by atoms with Crippen molar-refractivity contribution >= 4 is 29.3 Å². The first-order valence-electron chi connectivity index (χ1n) is 6.68. The molecule has 0 aliphatic carbocycles. The fraction of sp³-hybridized carbons (Fsp3) is 0.769. The number of nitrogens with one attached hydrogen (secondary N) is 1. The summed E-state index contributed by atoms with van der Waals surface area (Å²) in [6.45, 7) is 7.83. The first-order chi connectivity index (χ1) is 9.18. The SMILES string of the molecule is CCOC(=O)C[C@@H]1C(=O)O[C@@]2(C)CC(C)(C)NC(=S)N12. The Morgan fingerprint density at radius 2 is 2.20 bits per heavy atom. The summed E-state index contributed by atoms with van der Waals surface area (Å²) in [5.41, 5.74) is -1.07. The van der Waals surface area contributed by atoms with E-state index in [-0.39, 0.29) is 18.6 Å². The number of carbonyl (C=O) groups is 2. The van der Waals surface area contributed by atoms with E-state index in [2.05, 4.69) is 5.32 Å². The molecule has 0 saturated carbocycles. The molecular formula is C13H20N2O4S. The van der Waals surface area contributed by atoms with Gasteiger partial charge in [-0.3, -0.25) is 9.69 Å². The van der Waals surface area contributed by atoms with Crippen LogP contribution < -0.4 is 5.32 Å². The van der Waals surface area contributed by atoms with Gasteiger partial charge in [-0.2, -0.15) is 0 Å². The lowest BCUT2D eigenvalue weighted by Crippen LogP contribution is -2.66. The van der Waals surface area contributed by atoms with Gasteiger partial charge in [-0.05, 0) is 39.9 Å². The van der Waals surface area contributed by atoms with Gasteiger partial charge >= 0.3 is 11.9 Å². The lowest BCUT2D eigenvalue weighted by molar-refractivity contribution is -0.154. The molecule has 2 heterocycles. The molecule has 2 saturated heterocycles. The van der Waals surface area contributed by atoms with Gasteiger partial charge in [0.2, 0.25) is 0 Å². The second-order valence-electron chi connectivity index (χ2n) is 5.98. The second-order valence-corrected chi connectivity index (χ2v) is 6.37. The van der Waals surface area contributed by atoms with Crippen molar-refractivity contribution in [2.45, 2.75) is 57.8 Å². The van der Waals surface area contributed by atoms with Gasteiger partial charge in [0.05, 0.1) is 13.0 Å². The number of esters is 2. The maximum absolute atomic E-state index is 12.1. The van der Waals surface area contributed by atoms with Crippen LogP contribution in [0.3, 0.4) is 0 Å². The van der Waals surface area contributed by atoms with Crippen molar-refractivity contribution in [2.24, 2.45) is 0 Å². The summed E-state index contributed by atoms with van der Waals surface area (Å²) >= 11 is 5.34. The van der Waals surface area contributed by atoms with E-state index in [1.807, 2.05) is 20.8 Å². The van der Waals surface area contributed by atoms with Crippen LogP contribution in [-0.2, 0) is 19.1 Å². The van der Waals surface area contributed by atoms with E-state index < -0.39 is 23.7 Å². The molecule has 0 spiro atoms. The Kier molecular flexibility index (Phi) is 3.66. The minimum Gasteiger partial charge on any atom is -0.466 e. The standard InChI is InChI=1S/C13H20N2O4S/c1-5-18-9(16)6-8-10(17)19-13(4)7-12(2,3)14-11(20)15(8)13/h8H,5-7H2,1-4H3,(H,14,20)/t8-,13+/m1/s1. The molecule has 20 heavy (non-hydrogen) atoms. The summed E-state index contributed by atoms with van der Waals surface area (Å²) in [4.78, 5) is 25.4. The molecule has 2 fully saturated rings. The Hall–Kier alpha value is -1.37. The van der Waals surface area contributed by atoms with Crippen molar-refractivity contribution in [3.8, 4) is 0 Å². The zero-order valence-corrected chi connectivity index (χ0v) is 13.0. The maximum Gasteiger partial charge on any atom is 0.331 e. The molecule has 2 aliphatic rings. The van der Waals surface area contributed by atoms with Gasteiger partial charge in [0.25, 0.3) is 0 Å². The van der Waals surface area contributed by atoms with E-state index in [4.69, 9.17) is 21.7 Å². The third-order valence-electron chi connectivity index (χ3n) is 3.51. The summed E-state index contributed by atoms with van der Waals surface area (Å²) in [6.07, 6.45) is 0.537. The minimum absolute atomic E-state index is 0.0511. The van der Waals surface area contributed by atoms with Crippen molar-refractivity contribution in [1.82, 2.24) is 10.2 Å². The maximum atomic E-state index is 12.1. The monoisotopic (exact) mass is 300 g/mol. The molecule has 7 heteroatoms. The quantitative estimate of drug-likeness (QED) is 0.614. The van der Waals surface area contributed by atoms with Crippen LogP contribution in [0.2, 0.25) is 0 Å². The highest BCUT2D eigenvalue weighted by Crippen LogP contribution is 2.39. The molecular weight excluding hydrogens is 280 g/mol. The largest absolute Gasteiger partial charge is 0.466 e. The number of ether oxygens (including phenoxy) is 2. The number of fused-ring (bicyclic) bond motifs is 1. The van der Waals surface area contributed by atoms with Crippen LogP contribution in [0.1, 0.15) is 40.5 Å². The summed E-state index contributed by atoms with van der Waals surface area (Å²) in [6, 6.07) is -0.713. The fourth-order valence-corrected chi connectivity index (χ4v) is 3.61. The smallest absolute Gasteiger partial charge is 0.331 e. The predicted molar refractivity (Wildman–Crippen MR) is 75.8 cm³/mol. The molecule has 0 aromatic carbocycles. The molecule has 0 aromatic heterocycles. The van der Waals surface area contributed by atoms with E-state index in [1.54, 1.807) is 11.8 Å². The Labute approximate surface area is 123 Å². The normalized spacial score (nSPS) is 31.4. The van der Waals surface area contributed by atoms with Gasteiger partial charge in [-0.1, -0.05) is 0 Å². The molecule has 2 aliphatic heterocycles. The number of hydrogen-bond acceptors (Lipinski definition) is 5. The number of hydrogen-bond donors (Lipinski definition) is 1. The van der Waals surface area contributed by atoms with Crippen molar-refractivity contribution in [2.75, 3.05) is 6.61 Å². The van der Waals surface area contributed by atoms with Gasteiger partial charge in [-0.25, -0.2) is 4.79 Å². The first-order valence-corrected chi connectivity index (χ1v) is 7.09. The zero-order valence-electron chi connectivity index (χ0n) is 12.2. The van der Waals surface area contributed by atoms with Gasteiger partial charge in [0.15, 0.2) is 10.8 Å². The van der Waals surface area contributed by atoms with Crippen molar-refractivity contribution in [3.63, 3.8) is 0 Å². The Balaban J connectivity index is 2.23. The number of rotatable bonds is 3. The van der Waals surface area contributed by atoms with Crippen LogP contribution >= 0.6 is 12.2 Å². The Morgan fingerprint density at radius 3 is 2.80 bits per heavy atom. The molecule has 0 aromatic rings. The topological polar surface area (TPSA) is 67.9 Å². The van der Waals surface area contributed by atoms with Crippen LogP contribution in [0.5, 0.6) is 0 Å². The average Bonchev–Trinajstić information content (AvgIpc) is 2.47. The highest BCUT2D eigenvalue weighted by Gasteiger charge is 2.57. The third kappa shape index (κ3) is 2.59. The molecule has 2 rings (SSSR count). The molecule has 112 valence electrons. The Morgan fingerprint density at radius 1 is 1.55 bits per heavy atom. The van der Waals surface area contributed by atoms with Crippen LogP contribution in [0, 0.1) is 0 Å². The molecule has 2 atom stereocenters. The number of carbonyl (C=O) groups excluding carboxylic acids is 2. The Bertz CT molecular complexity index is 465. The van der Waals surface area contributed by atoms with Crippen LogP contribution in [0.4, 0.5) is 0 Å². The molecule has 6 nitrogen and oxygen atoms in total. The number of thiocarbonyl (C=S) groups is 1. The fourth-order valence-electron chi connectivity index (χ4n) is 3.01. The molecule has 0 radical (unpaired) electrons. The van der Waals surface area contributed by atoms with E-state index in [0.717, 1.165) is 0 Å². The van der Waals surface area contributed by atoms with Crippen molar-refractivity contribution in [1.29, 1.82) is 0 Å². The third-order valence-corrected chi connectivity index (χ3v) is 3.81. The minimum atomic E-state index is -0.805. The van der Waals surface area contributed by atoms with Crippen LogP contribution in [0.15, 0.2) is 0 Å². The van der Waals surface area contributed by atoms with E-state index in [9.17, 15) is 9.59 Å². The highest BCUT2D eigenvalue weighted by molar-refractivity contribution is 7.80. The van der Waals surface area contributed by atoms with Crippen LogP contribution in [0.25, 0.3) is 0 Å². The first kappa shape index (κ1) is 15.0. The summed E-state index contributed by atoms with van der Waals surface area (Å²) in [5, 5.41) is 3.62. The van der Waals surface area contributed by atoms with E-state index in [0.29, 0.717) is 11.5 Å². The molecule has 0 unspecified atom stereocenters. The van der Waals surface area contributed by atoms with E-state index in [1.165, 1.54) is 0 Å². The summed E-state index contributed by atoms with van der Waals surface area (Å²) in [5.74, 6) is -0.853. The lowest BCUT2D eigenvalue weighted by Gasteiger charge is -2.47. The second kappa shape index (κ2) is 4.87. The van der Waals surface area contributed by atoms with E-state index >= 15 is 0 Å². The van der Waals surface area contributed by atoms with Gasteiger partial charge < -0.3 is 14.8 Å².